The Balaban J connectivity index is 1.88. The van der Waals surface area contributed by atoms with E-state index >= 15 is 0 Å². The molecule has 1 heterocycles. The summed E-state index contributed by atoms with van der Waals surface area (Å²) in [5.41, 5.74) is -0.801. The highest BCUT2D eigenvalue weighted by molar-refractivity contribution is 7.97. The zero-order chi connectivity index (χ0) is 22.7. The van der Waals surface area contributed by atoms with Crippen LogP contribution in [0.15, 0.2) is 43.2 Å². The van der Waals surface area contributed by atoms with E-state index in [-0.39, 0.29) is 28.9 Å². The van der Waals surface area contributed by atoms with Gasteiger partial charge in [-0.2, -0.15) is 0 Å². The van der Waals surface area contributed by atoms with Crippen molar-refractivity contribution in [3.05, 3.63) is 61.3 Å². The molecule has 0 spiro atoms. The number of aromatic hydroxyl groups is 1. The number of benzene rings is 1. The highest BCUT2D eigenvalue weighted by atomic mass is 35.5. The number of rotatable bonds is 10. The summed E-state index contributed by atoms with van der Waals surface area (Å²) in [6.45, 7) is 6.21. The highest BCUT2D eigenvalue weighted by Crippen LogP contribution is 2.43. The third kappa shape index (κ3) is 4.74. The van der Waals surface area contributed by atoms with Crippen LogP contribution in [0.25, 0.3) is 0 Å². The molecule has 0 unspecified atom stereocenters. The highest BCUT2D eigenvalue weighted by Gasteiger charge is 2.26. The zero-order valence-electron chi connectivity index (χ0n) is 17.6. The molecule has 3 rings (SSSR count). The summed E-state index contributed by atoms with van der Waals surface area (Å²) in [5, 5.41) is 17.0. The van der Waals surface area contributed by atoms with Crippen molar-refractivity contribution in [2.45, 2.75) is 38.1 Å². The summed E-state index contributed by atoms with van der Waals surface area (Å²) in [4.78, 5) is 30.0. The van der Waals surface area contributed by atoms with E-state index < -0.39 is 10.9 Å². The van der Waals surface area contributed by atoms with Gasteiger partial charge in [-0.25, -0.2) is 0 Å². The van der Waals surface area contributed by atoms with Crippen molar-refractivity contribution in [1.82, 2.24) is 4.47 Å². The van der Waals surface area contributed by atoms with Gasteiger partial charge < -0.3 is 20.2 Å². The minimum absolute atomic E-state index is 0.0828. The Morgan fingerprint density at radius 1 is 1.19 bits per heavy atom. The van der Waals surface area contributed by atoms with Crippen molar-refractivity contribution < 1.29 is 14.4 Å². The van der Waals surface area contributed by atoms with Gasteiger partial charge >= 0.3 is 0 Å². The van der Waals surface area contributed by atoms with E-state index in [2.05, 4.69) is 10.6 Å². The van der Waals surface area contributed by atoms with Crippen LogP contribution in [-0.2, 0) is 4.84 Å². The van der Waals surface area contributed by atoms with Crippen molar-refractivity contribution >= 4 is 40.6 Å². The number of furan rings is 1. The first-order chi connectivity index (χ1) is 14.8. The van der Waals surface area contributed by atoms with Gasteiger partial charge in [-0.1, -0.05) is 18.5 Å². The maximum absolute atomic E-state index is 12.2. The predicted molar refractivity (Wildman–Crippen MR) is 123 cm³/mol. The van der Waals surface area contributed by atoms with Crippen molar-refractivity contribution in [2.75, 3.05) is 24.3 Å². The molecule has 3 aromatic rings. The number of halogens is 1. The van der Waals surface area contributed by atoms with Gasteiger partial charge in [0.25, 0.3) is 10.9 Å². The standard InChI is InChI=1S/C21H24ClN3O5S/c1-5-13(15-10-7-11(3)30-15)23-16-17(20(28)19(16)27)24-14-9-8-12(22)21(18(14)26)31-25(6-2)29-4/h7-10,13,23-24,26H,5-6H2,1-4H3/t13-/m1/s1. The Kier molecular flexibility index (Phi) is 7.32. The third-order valence-corrected chi connectivity index (χ3v) is 6.37. The molecule has 1 atom stereocenters. The van der Waals surface area contributed by atoms with Gasteiger partial charge in [0, 0.05) is 6.54 Å². The first-order valence-electron chi connectivity index (χ1n) is 9.74. The van der Waals surface area contributed by atoms with E-state index in [9.17, 15) is 14.7 Å². The van der Waals surface area contributed by atoms with E-state index in [1.165, 1.54) is 11.6 Å². The molecule has 0 fully saturated rings. The second kappa shape index (κ2) is 9.78. The summed E-state index contributed by atoms with van der Waals surface area (Å²) in [6.07, 6.45) is 0.641. The second-order valence-corrected chi connectivity index (χ2v) is 8.19. The molecule has 166 valence electrons. The van der Waals surface area contributed by atoms with Crippen LogP contribution in [-0.4, -0.2) is 23.2 Å². The normalized spacial score (nSPS) is 12.5. The third-order valence-electron chi connectivity index (χ3n) is 4.74. The molecule has 0 aliphatic rings. The molecule has 0 saturated carbocycles. The molecule has 3 N–H and O–H groups in total. The summed E-state index contributed by atoms with van der Waals surface area (Å²) in [5.74, 6) is 1.28. The van der Waals surface area contributed by atoms with E-state index in [1.54, 1.807) is 12.1 Å². The van der Waals surface area contributed by atoms with Gasteiger partial charge in [0.2, 0.25) is 0 Å². The molecule has 0 bridgehead atoms. The van der Waals surface area contributed by atoms with Crippen LogP contribution < -0.4 is 21.5 Å². The van der Waals surface area contributed by atoms with E-state index in [0.717, 1.165) is 17.7 Å². The van der Waals surface area contributed by atoms with Crippen LogP contribution in [0.2, 0.25) is 5.02 Å². The molecule has 0 aliphatic heterocycles. The lowest BCUT2D eigenvalue weighted by molar-refractivity contribution is -0.0333. The van der Waals surface area contributed by atoms with Gasteiger partial charge in [0.1, 0.15) is 22.9 Å². The molecule has 0 amide bonds. The number of nitrogens with zero attached hydrogens (tertiary/aromatic N) is 1. The lowest BCUT2D eigenvalue weighted by atomic mass is 10.1. The number of phenols is 1. The fourth-order valence-electron chi connectivity index (χ4n) is 3.04. The number of nitrogens with one attached hydrogen (secondary N) is 2. The molecule has 0 radical (unpaired) electrons. The maximum Gasteiger partial charge on any atom is 0.253 e. The van der Waals surface area contributed by atoms with Crippen LogP contribution in [0.4, 0.5) is 17.1 Å². The average molecular weight is 466 g/mol. The first kappa shape index (κ1) is 23.2. The van der Waals surface area contributed by atoms with Crippen LogP contribution in [0, 0.1) is 6.92 Å². The molecular formula is C21H24ClN3O5S. The average Bonchev–Trinajstić information content (AvgIpc) is 3.20. The zero-order valence-corrected chi connectivity index (χ0v) is 19.2. The van der Waals surface area contributed by atoms with Crippen molar-refractivity contribution in [1.29, 1.82) is 0 Å². The number of anilines is 3. The topological polar surface area (TPSA) is 104 Å². The van der Waals surface area contributed by atoms with E-state index in [1.807, 2.05) is 32.9 Å². The fourth-order valence-corrected chi connectivity index (χ4v) is 4.05. The number of hydroxylamine groups is 1. The minimum atomic E-state index is -0.663. The number of aryl methyl sites for hydroxylation is 1. The lowest BCUT2D eigenvalue weighted by Gasteiger charge is -2.22. The lowest BCUT2D eigenvalue weighted by Crippen LogP contribution is -2.37. The Hall–Kier alpha value is -2.46. The maximum atomic E-state index is 12.2. The van der Waals surface area contributed by atoms with Gasteiger partial charge in [-0.3, -0.25) is 14.4 Å². The van der Waals surface area contributed by atoms with Crippen LogP contribution >= 0.6 is 23.5 Å². The van der Waals surface area contributed by atoms with Crippen molar-refractivity contribution in [3.8, 4) is 5.75 Å². The second-order valence-electron chi connectivity index (χ2n) is 6.78. The summed E-state index contributed by atoms with van der Waals surface area (Å²) in [6, 6.07) is 6.53. The van der Waals surface area contributed by atoms with Crippen LogP contribution in [0.5, 0.6) is 5.75 Å². The predicted octanol–water partition coefficient (Wildman–Crippen LogP) is 4.74. The molecule has 31 heavy (non-hydrogen) atoms. The van der Waals surface area contributed by atoms with Crippen molar-refractivity contribution in [2.24, 2.45) is 0 Å². The van der Waals surface area contributed by atoms with E-state index in [4.69, 9.17) is 20.9 Å². The quantitative estimate of drug-likeness (QED) is 0.169. The van der Waals surface area contributed by atoms with Gasteiger partial charge in [0.05, 0.1) is 28.8 Å². The Labute approximate surface area is 188 Å². The first-order valence-corrected chi connectivity index (χ1v) is 10.9. The van der Waals surface area contributed by atoms with Gasteiger partial charge in [-0.15, -0.1) is 4.47 Å². The summed E-state index contributed by atoms with van der Waals surface area (Å²) < 4.78 is 7.19. The van der Waals surface area contributed by atoms with Crippen molar-refractivity contribution in [3.63, 3.8) is 0 Å². The molecular weight excluding hydrogens is 442 g/mol. The van der Waals surface area contributed by atoms with Crippen LogP contribution in [0.1, 0.15) is 37.8 Å². The Morgan fingerprint density at radius 2 is 1.90 bits per heavy atom. The monoisotopic (exact) mass is 465 g/mol. The Bertz CT molecular complexity index is 1140. The minimum Gasteiger partial charge on any atom is -0.505 e. The fraction of sp³-hybridized carbons (Fsp3) is 0.333. The smallest absolute Gasteiger partial charge is 0.253 e. The molecule has 2 aromatic carbocycles. The van der Waals surface area contributed by atoms with E-state index in [0.29, 0.717) is 28.6 Å². The number of phenolic OH excluding ortho intramolecular Hbond substituents is 1. The van der Waals surface area contributed by atoms with Crippen LogP contribution in [0.3, 0.4) is 0 Å². The van der Waals surface area contributed by atoms with Gasteiger partial charge in [-0.05, 0) is 56.5 Å². The Morgan fingerprint density at radius 3 is 2.48 bits per heavy atom. The van der Waals surface area contributed by atoms with Gasteiger partial charge in [0.15, 0.2) is 5.75 Å². The summed E-state index contributed by atoms with van der Waals surface area (Å²) in [7, 11) is 1.51. The largest absolute Gasteiger partial charge is 0.505 e. The molecule has 0 aliphatic carbocycles. The molecule has 1 aromatic heterocycles. The molecule has 10 heteroatoms. The molecule has 0 saturated heterocycles. The molecule has 8 nitrogen and oxygen atoms in total. The number of hydrogen-bond acceptors (Lipinski definition) is 9. The SMILES string of the molecule is CC[C@@H](Nc1c(Nc2ccc(Cl)c(SN(CC)OC)c2O)c(=O)c1=O)c1ccc(C)o1. The summed E-state index contributed by atoms with van der Waals surface area (Å²) >= 11 is 7.35. The number of hydrogen-bond donors (Lipinski definition) is 3.